The molecule has 170 valence electrons. The summed E-state index contributed by atoms with van der Waals surface area (Å²) in [6.07, 6.45) is 7.25. The normalized spacial score (nSPS) is 15.3. The first kappa shape index (κ1) is 19.6. The molecule has 3 heteroatoms. The highest BCUT2D eigenvalue weighted by Crippen LogP contribution is 2.47. The molecule has 8 rings (SSSR count). The predicted octanol–water partition coefficient (Wildman–Crippen LogP) is 7.64. The molecule has 0 aliphatic heterocycles. The van der Waals surface area contributed by atoms with E-state index in [4.69, 9.17) is 4.98 Å². The van der Waals surface area contributed by atoms with Gasteiger partial charge in [0.2, 0.25) is 0 Å². The molecule has 35 heavy (non-hydrogen) atoms. The molecular weight excluding hydrogens is 426 g/mol. The van der Waals surface area contributed by atoms with Crippen molar-refractivity contribution in [2.75, 3.05) is 0 Å². The van der Waals surface area contributed by atoms with Gasteiger partial charge in [-0.3, -0.25) is 0 Å². The Balaban J connectivity index is 1.79. The van der Waals surface area contributed by atoms with Crippen molar-refractivity contribution in [2.24, 2.45) is 7.05 Å². The van der Waals surface area contributed by atoms with Crippen molar-refractivity contribution in [3.05, 3.63) is 77.6 Å². The molecule has 0 amide bonds. The maximum Gasteiger partial charge on any atom is 0.287 e. The summed E-state index contributed by atoms with van der Waals surface area (Å²) in [7, 11) is 2.16. The van der Waals surface area contributed by atoms with Crippen LogP contribution in [0.2, 0.25) is 0 Å². The molecule has 1 aliphatic rings. The van der Waals surface area contributed by atoms with Gasteiger partial charge in [0.05, 0.1) is 34.4 Å². The molecule has 0 unspecified atom stereocenters. The number of para-hydroxylation sites is 1. The third-order valence-corrected chi connectivity index (χ3v) is 8.87. The minimum absolute atomic E-state index is 0.624. The van der Waals surface area contributed by atoms with E-state index >= 15 is 0 Å². The molecule has 3 aromatic heterocycles. The second-order valence-corrected chi connectivity index (χ2v) is 10.6. The average Bonchev–Trinajstić information content (AvgIpc) is 3.54. The number of hydrogen-bond donors (Lipinski definition) is 0. The molecule has 0 radical (unpaired) electrons. The highest BCUT2D eigenvalue weighted by Gasteiger charge is 2.30. The van der Waals surface area contributed by atoms with E-state index < -0.39 is 0 Å². The van der Waals surface area contributed by atoms with E-state index in [0.29, 0.717) is 5.92 Å². The van der Waals surface area contributed by atoms with E-state index in [1.165, 1.54) is 96.8 Å². The van der Waals surface area contributed by atoms with Crippen LogP contribution in [-0.4, -0.2) is 9.38 Å². The topological polar surface area (TPSA) is 21.2 Å². The molecule has 4 aromatic carbocycles. The summed E-state index contributed by atoms with van der Waals surface area (Å²) in [5.74, 6) is 0.624. The Morgan fingerprint density at radius 2 is 1.49 bits per heavy atom. The van der Waals surface area contributed by atoms with Crippen LogP contribution in [0.5, 0.6) is 0 Å². The van der Waals surface area contributed by atoms with E-state index in [1.54, 1.807) is 0 Å². The van der Waals surface area contributed by atoms with Crippen molar-refractivity contribution in [1.29, 1.82) is 0 Å². The van der Waals surface area contributed by atoms with Crippen LogP contribution in [0.1, 0.15) is 48.3 Å². The lowest BCUT2D eigenvalue weighted by molar-refractivity contribution is -0.646. The van der Waals surface area contributed by atoms with E-state index in [9.17, 15) is 0 Å². The van der Waals surface area contributed by atoms with Crippen LogP contribution < -0.4 is 4.57 Å². The van der Waals surface area contributed by atoms with Gasteiger partial charge in [0.1, 0.15) is 5.52 Å². The number of pyridine rings is 1. The Labute approximate surface area is 203 Å². The molecule has 1 saturated carbocycles. The maximum atomic E-state index is 5.01. The van der Waals surface area contributed by atoms with E-state index in [0.717, 1.165) is 5.52 Å². The minimum atomic E-state index is 0.624. The zero-order chi connectivity index (χ0) is 23.4. The second-order valence-electron chi connectivity index (χ2n) is 10.6. The van der Waals surface area contributed by atoms with Crippen LogP contribution in [0.3, 0.4) is 0 Å². The number of aromatic nitrogens is 3. The summed E-state index contributed by atoms with van der Waals surface area (Å²) in [4.78, 5) is 5.01. The van der Waals surface area contributed by atoms with Gasteiger partial charge in [-0.25, -0.2) is 4.57 Å². The van der Waals surface area contributed by atoms with Crippen molar-refractivity contribution in [2.45, 2.75) is 45.4 Å². The van der Waals surface area contributed by atoms with Gasteiger partial charge in [-0.05, 0) is 77.2 Å². The van der Waals surface area contributed by atoms with E-state index in [-0.39, 0.29) is 0 Å². The van der Waals surface area contributed by atoms with Crippen LogP contribution >= 0.6 is 0 Å². The highest BCUT2D eigenvalue weighted by atomic mass is 15.0. The molecule has 0 N–H and O–H groups in total. The fourth-order valence-corrected chi connectivity index (χ4v) is 7.33. The fourth-order valence-electron chi connectivity index (χ4n) is 7.33. The third kappa shape index (κ3) is 2.31. The van der Waals surface area contributed by atoms with Gasteiger partial charge in [-0.1, -0.05) is 55.3 Å². The molecule has 1 aliphatic carbocycles. The number of rotatable bonds is 1. The van der Waals surface area contributed by atoms with Crippen LogP contribution in [0.4, 0.5) is 0 Å². The molecule has 0 atom stereocenters. The van der Waals surface area contributed by atoms with Crippen molar-refractivity contribution >= 4 is 59.9 Å². The van der Waals surface area contributed by atoms with Crippen LogP contribution in [0.15, 0.2) is 60.9 Å². The second kappa shape index (κ2) is 6.69. The van der Waals surface area contributed by atoms with Crippen molar-refractivity contribution in [3.63, 3.8) is 0 Å². The maximum absolute atomic E-state index is 5.01. The zero-order valence-electron chi connectivity index (χ0n) is 20.5. The smallest absolute Gasteiger partial charge is 0.287 e. The number of aryl methyl sites for hydroxylation is 3. The molecule has 0 bridgehead atoms. The number of benzene rings is 4. The molecule has 0 spiro atoms. The Bertz CT molecular complexity index is 1990. The summed E-state index contributed by atoms with van der Waals surface area (Å²) in [6.45, 7) is 4.61. The Kier molecular flexibility index (Phi) is 3.74. The summed E-state index contributed by atoms with van der Waals surface area (Å²) < 4.78 is 4.84. The molecule has 0 saturated heterocycles. The molecule has 3 nitrogen and oxygen atoms in total. The quantitative estimate of drug-likeness (QED) is 0.142. The van der Waals surface area contributed by atoms with Crippen LogP contribution in [0, 0.1) is 13.8 Å². The number of hydrogen-bond acceptors (Lipinski definition) is 1. The standard InChI is InChI=1S/C32H28N3/c1-18-21-12-6-7-13-22(21)19(2)30-27(18)31-29-25(33-17-34(31)3)16-24(20-10-4-5-11-20)28-23-14-8-9-15-26(23)35(30)32(28)29/h6-9,12-17,20H,4-5,10-11H2,1-3H3/q+1. The van der Waals surface area contributed by atoms with Crippen LogP contribution in [-0.2, 0) is 7.05 Å². The van der Waals surface area contributed by atoms with Gasteiger partial charge >= 0.3 is 0 Å². The lowest BCUT2D eigenvalue weighted by atomic mass is 9.89. The Hall–Kier alpha value is -3.72. The van der Waals surface area contributed by atoms with E-state index in [2.05, 4.69) is 84.5 Å². The Morgan fingerprint density at radius 3 is 2.26 bits per heavy atom. The summed E-state index contributed by atoms with van der Waals surface area (Å²) >= 11 is 0. The Morgan fingerprint density at radius 1 is 0.800 bits per heavy atom. The monoisotopic (exact) mass is 454 g/mol. The summed E-state index contributed by atoms with van der Waals surface area (Å²) in [5.41, 5.74) is 10.6. The number of fused-ring (bicyclic) bond motifs is 7. The SMILES string of the molecule is Cc1c2ccccc2c(C)c2c1c1c3c(cc(C4CCCC4)c4c5ccccc5n2c43)nc[n+]1C. The molecular formula is C32H28N3+. The first-order chi connectivity index (χ1) is 17.1. The molecule has 3 heterocycles. The minimum Gasteiger partial charge on any atom is -0.307 e. The summed E-state index contributed by atoms with van der Waals surface area (Å²) in [6, 6.07) is 20.4. The highest BCUT2D eigenvalue weighted by molar-refractivity contribution is 6.29. The average molecular weight is 455 g/mol. The van der Waals surface area contributed by atoms with Gasteiger partial charge in [0, 0.05) is 10.8 Å². The van der Waals surface area contributed by atoms with Crippen molar-refractivity contribution in [1.82, 2.24) is 9.38 Å². The fraction of sp³-hybridized carbons (Fsp3) is 0.250. The first-order valence-corrected chi connectivity index (χ1v) is 12.9. The lowest BCUT2D eigenvalue weighted by Crippen LogP contribution is -2.30. The van der Waals surface area contributed by atoms with E-state index in [1.807, 2.05) is 6.33 Å². The van der Waals surface area contributed by atoms with Gasteiger partial charge in [0.25, 0.3) is 6.33 Å². The van der Waals surface area contributed by atoms with Gasteiger partial charge in [0.15, 0.2) is 5.52 Å². The predicted molar refractivity (Wildman–Crippen MR) is 146 cm³/mol. The number of nitrogens with zero attached hydrogens (tertiary/aromatic N) is 3. The van der Waals surface area contributed by atoms with Gasteiger partial charge < -0.3 is 4.40 Å². The first-order valence-electron chi connectivity index (χ1n) is 12.9. The summed E-state index contributed by atoms with van der Waals surface area (Å²) in [5, 5.41) is 8.16. The van der Waals surface area contributed by atoms with Gasteiger partial charge in [-0.15, -0.1) is 0 Å². The van der Waals surface area contributed by atoms with Gasteiger partial charge in [-0.2, -0.15) is 0 Å². The zero-order valence-corrected chi connectivity index (χ0v) is 20.5. The van der Waals surface area contributed by atoms with Crippen molar-refractivity contribution in [3.8, 4) is 0 Å². The third-order valence-electron chi connectivity index (χ3n) is 8.87. The van der Waals surface area contributed by atoms with Crippen molar-refractivity contribution < 1.29 is 4.57 Å². The molecule has 1 fully saturated rings. The largest absolute Gasteiger partial charge is 0.307 e. The van der Waals surface area contributed by atoms with Crippen LogP contribution in [0.25, 0.3) is 59.9 Å². The lowest BCUT2D eigenvalue weighted by Gasteiger charge is -2.19. The molecule has 7 aromatic rings.